The zero-order valence-electron chi connectivity index (χ0n) is 27.9. The number of ether oxygens (including phenoxy) is 4. The van der Waals surface area contributed by atoms with Crippen molar-refractivity contribution in [2.24, 2.45) is 0 Å². The molecule has 0 amide bonds. The van der Waals surface area contributed by atoms with Gasteiger partial charge in [-0.2, -0.15) is 0 Å². The fraction of sp³-hybridized carbons (Fsp3) is 0.824. The predicted molar refractivity (Wildman–Crippen MR) is 164 cm³/mol. The minimum Gasteiger partial charge on any atom is -0.460 e. The van der Waals surface area contributed by atoms with E-state index < -0.39 is 35.3 Å². The number of carbonyl (C=O) groups excluding carboxylic acids is 2. The largest absolute Gasteiger partial charge is 0.460 e. The minimum absolute atomic E-state index is 0.0872. The summed E-state index contributed by atoms with van der Waals surface area (Å²) < 4.78 is 23.3. The van der Waals surface area contributed by atoms with Gasteiger partial charge < -0.3 is 29.2 Å². The Bertz CT molecular complexity index is 896. The Morgan fingerprint density at radius 1 is 0.738 bits per heavy atom. The smallest absolute Gasteiger partial charge is 0.303 e. The molecule has 2 rings (SSSR count). The fourth-order valence-electron chi connectivity index (χ4n) is 5.91. The highest BCUT2D eigenvalue weighted by Gasteiger charge is 2.56. The van der Waals surface area contributed by atoms with Crippen LogP contribution in [0.4, 0.5) is 0 Å². The first-order chi connectivity index (χ1) is 19.3. The van der Waals surface area contributed by atoms with Crippen LogP contribution in [0.1, 0.15) is 133 Å². The summed E-state index contributed by atoms with van der Waals surface area (Å²) in [6, 6.07) is 0. The minimum atomic E-state index is -1.12. The summed E-state index contributed by atoms with van der Waals surface area (Å²) in [5, 5.41) is 22.2. The molecule has 0 aliphatic carbocycles. The maximum atomic E-state index is 11.8. The number of rotatable bonds is 19. The molecule has 0 radical (unpaired) electrons. The molecule has 0 aromatic heterocycles. The molecule has 0 unspecified atom stereocenters. The van der Waals surface area contributed by atoms with Crippen LogP contribution < -0.4 is 0 Å². The second kappa shape index (κ2) is 14.8. The standard InChI is InChI=1S/C34H58O8/c1-23(2)13-11-19-31(7,37)27(39-25(5)35)17-21-33(9)29(41-33)15-16-30-34(10,42-30)22-18-28(40-26(6)36)32(8,38)20-12-14-24(3)4/h13-14,27-30,37-38H,11-12,15-22H2,1-10H3/t27-,28-,29+,30+,31+,32+,33+,34+/m1/s1. The molecule has 42 heavy (non-hydrogen) atoms. The van der Waals surface area contributed by atoms with Crippen molar-refractivity contribution in [2.45, 2.75) is 180 Å². The summed E-state index contributed by atoms with van der Waals surface area (Å²) in [5.74, 6) is -0.784. The molecule has 2 heterocycles. The van der Waals surface area contributed by atoms with Crippen LogP contribution in [-0.2, 0) is 28.5 Å². The van der Waals surface area contributed by atoms with Gasteiger partial charge in [-0.25, -0.2) is 0 Å². The van der Waals surface area contributed by atoms with Crippen LogP contribution in [0.2, 0.25) is 0 Å². The molecule has 8 nitrogen and oxygen atoms in total. The molecule has 0 aromatic carbocycles. The molecule has 2 N–H and O–H groups in total. The third kappa shape index (κ3) is 11.7. The van der Waals surface area contributed by atoms with Crippen LogP contribution in [0.3, 0.4) is 0 Å². The van der Waals surface area contributed by atoms with Gasteiger partial charge in [-0.05, 0) is 120 Å². The lowest BCUT2D eigenvalue weighted by Crippen LogP contribution is -2.42. The zero-order valence-corrected chi connectivity index (χ0v) is 27.9. The van der Waals surface area contributed by atoms with Crippen LogP contribution in [0.25, 0.3) is 0 Å². The monoisotopic (exact) mass is 594 g/mol. The third-order valence-electron chi connectivity index (χ3n) is 8.98. The summed E-state index contributed by atoms with van der Waals surface area (Å²) in [6.45, 7) is 18.5. The van der Waals surface area contributed by atoms with E-state index in [9.17, 15) is 19.8 Å². The second-order valence-electron chi connectivity index (χ2n) is 14.0. The molecule has 0 aromatic rings. The van der Waals surface area contributed by atoms with Gasteiger partial charge in [0.2, 0.25) is 0 Å². The van der Waals surface area contributed by atoms with Gasteiger partial charge in [0.25, 0.3) is 0 Å². The highest BCUT2D eigenvalue weighted by Crippen LogP contribution is 2.49. The Morgan fingerprint density at radius 3 is 1.36 bits per heavy atom. The van der Waals surface area contributed by atoms with Gasteiger partial charge in [-0.3, -0.25) is 9.59 Å². The maximum Gasteiger partial charge on any atom is 0.303 e. The number of esters is 2. The molecule has 2 fully saturated rings. The van der Waals surface area contributed by atoms with Crippen molar-refractivity contribution >= 4 is 11.9 Å². The van der Waals surface area contributed by atoms with Crippen molar-refractivity contribution in [2.75, 3.05) is 0 Å². The van der Waals surface area contributed by atoms with Crippen molar-refractivity contribution in [1.29, 1.82) is 0 Å². The Kier molecular flexibility index (Phi) is 12.9. The summed E-state index contributed by atoms with van der Waals surface area (Å²) in [6.07, 6.45) is 9.72. The topological polar surface area (TPSA) is 118 Å². The molecule has 0 saturated carbocycles. The molecule has 2 saturated heterocycles. The van der Waals surface area contributed by atoms with E-state index in [1.807, 2.05) is 27.7 Å². The Hall–Kier alpha value is -1.74. The molecular formula is C34H58O8. The average molecular weight is 595 g/mol. The van der Waals surface area contributed by atoms with Gasteiger partial charge in [-0.15, -0.1) is 0 Å². The van der Waals surface area contributed by atoms with Crippen LogP contribution in [0, 0.1) is 0 Å². The van der Waals surface area contributed by atoms with E-state index in [0.717, 1.165) is 25.7 Å². The first-order valence-electron chi connectivity index (χ1n) is 15.7. The third-order valence-corrected chi connectivity index (χ3v) is 8.98. The molecule has 8 atom stereocenters. The molecule has 2 aliphatic rings. The lowest BCUT2D eigenvalue weighted by Gasteiger charge is -2.32. The van der Waals surface area contributed by atoms with Gasteiger partial charge in [0.15, 0.2) is 0 Å². The van der Waals surface area contributed by atoms with Gasteiger partial charge in [0.1, 0.15) is 12.2 Å². The van der Waals surface area contributed by atoms with Gasteiger partial charge in [0.05, 0.1) is 34.6 Å². The first kappa shape index (κ1) is 36.5. The average Bonchev–Trinajstić information content (AvgIpc) is 3.70. The van der Waals surface area contributed by atoms with E-state index in [1.165, 1.54) is 25.0 Å². The Balaban J connectivity index is 1.84. The summed E-state index contributed by atoms with van der Waals surface area (Å²) in [7, 11) is 0. The number of epoxide rings is 2. The van der Waals surface area contributed by atoms with Crippen molar-refractivity contribution in [1.82, 2.24) is 0 Å². The summed E-state index contributed by atoms with van der Waals surface area (Å²) in [5.41, 5.74) is -0.490. The maximum absolute atomic E-state index is 11.8. The van der Waals surface area contributed by atoms with E-state index in [0.29, 0.717) is 38.5 Å². The van der Waals surface area contributed by atoms with E-state index in [4.69, 9.17) is 18.9 Å². The number of aliphatic hydroxyl groups is 2. The van der Waals surface area contributed by atoms with Crippen molar-refractivity contribution in [3.8, 4) is 0 Å². The van der Waals surface area contributed by atoms with Gasteiger partial charge in [-0.1, -0.05) is 23.3 Å². The summed E-state index contributed by atoms with van der Waals surface area (Å²) in [4.78, 5) is 23.6. The first-order valence-corrected chi connectivity index (χ1v) is 15.7. The molecule has 0 spiro atoms. The molecule has 2 aliphatic heterocycles. The summed E-state index contributed by atoms with van der Waals surface area (Å²) >= 11 is 0. The van der Waals surface area contributed by atoms with Crippen LogP contribution in [0.5, 0.6) is 0 Å². The Morgan fingerprint density at radius 2 is 1.07 bits per heavy atom. The van der Waals surface area contributed by atoms with Gasteiger partial charge >= 0.3 is 11.9 Å². The zero-order chi connectivity index (χ0) is 31.9. The highest BCUT2D eigenvalue weighted by molar-refractivity contribution is 5.66. The van der Waals surface area contributed by atoms with E-state index >= 15 is 0 Å². The normalized spacial score (nSPS) is 28.9. The lowest BCUT2D eigenvalue weighted by molar-refractivity contribution is -0.163. The van der Waals surface area contributed by atoms with Crippen molar-refractivity contribution < 1.29 is 38.7 Å². The number of carbonyl (C=O) groups is 2. The van der Waals surface area contributed by atoms with Crippen molar-refractivity contribution in [3.63, 3.8) is 0 Å². The Labute approximate surface area is 254 Å². The molecule has 242 valence electrons. The quantitative estimate of drug-likeness (QED) is 0.0988. The predicted octanol–water partition coefficient (Wildman–Crippen LogP) is 6.50. The van der Waals surface area contributed by atoms with Crippen LogP contribution >= 0.6 is 0 Å². The lowest BCUT2D eigenvalue weighted by atomic mass is 9.86. The van der Waals surface area contributed by atoms with Gasteiger partial charge in [0, 0.05) is 13.8 Å². The van der Waals surface area contributed by atoms with E-state index in [1.54, 1.807) is 13.8 Å². The number of allylic oxidation sites excluding steroid dienone is 4. The van der Waals surface area contributed by atoms with E-state index in [-0.39, 0.29) is 23.4 Å². The molecule has 8 heteroatoms. The second-order valence-corrected chi connectivity index (χ2v) is 14.0. The SMILES string of the molecule is CC(=O)O[C@H](CC[C@]1(C)O[C@H]1CC[C@@H]1O[C@@]1(C)CC[C@@H](OC(C)=O)[C@@](C)(O)CCC=C(C)C)[C@@](C)(O)CCC=C(C)C. The van der Waals surface area contributed by atoms with E-state index in [2.05, 4.69) is 26.0 Å². The van der Waals surface area contributed by atoms with Crippen LogP contribution in [-0.4, -0.2) is 69.0 Å². The molecular weight excluding hydrogens is 536 g/mol. The number of hydrogen-bond acceptors (Lipinski definition) is 8. The molecule has 0 bridgehead atoms. The fourth-order valence-corrected chi connectivity index (χ4v) is 5.91. The highest BCUT2D eigenvalue weighted by atomic mass is 16.6. The van der Waals surface area contributed by atoms with Crippen LogP contribution in [0.15, 0.2) is 23.3 Å². The number of hydrogen-bond donors (Lipinski definition) is 2. The van der Waals surface area contributed by atoms with Crippen molar-refractivity contribution in [3.05, 3.63) is 23.3 Å².